The topological polar surface area (TPSA) is 64.9 Å². The van der Waals surface area contributed by atoms with Crippen LogP contribution in [0.5, 0.6) is 0 Å². The Morgan fingerprint density at radius 1 is 1.38 bits per heavy atom. The standard InChI is InChI=1S/C9H9N3O/c10-7-12-9(13)11-6-8-4-2-1-3-5-8/h1-5H,6H2,(H2,11,12,13). The molecule has 0 spiro atoms. The number of hydrogen-bond donors (Lipinski definition) is 2. The molecule has 0 aliphatic heterocycles. The van der Waals surface area contributed by atoms with Crippen molar-refractivity contribution in [3.63, 3.8) is 0 Å². The molecule has 0 aromatic heterocycles. The molecule has 13 heavy (non-hydrogen) atoms. The lowest BCUT2D eigenvalue weighted by molar-refractivity contribution is 0.244. The number of carbonyl (C=O) groups is 1. The zero-order valence-corrected chi connectivity index (χ0v) is 6.95. The van der Waals surface area contributed by atoms with Crippen LogP contribution in [-0.4, -0.2) is 6.03 Å². The molecule has 0 fully saturated rings. The van der Waals surface area contributed by atoms with Gasteiger partial charge in [0, 0.05) is 6.54 Å². The summed E-state index contributed by atoms with van der Waals surface area (Å²) in [6, 6.07) is 8.99. The van der Waals surface area contributed by atoms with Gasteiger partial charge in [0.15, 0.2) is 6.19 Å². The zero-order chi connectivity index (χ0) is 9.52. The number of carbonyl (C=O) groups excluding carboxylic acids is 1. The van der Waals surface area contributed by atoms with Crippen molar-refractivity contribution in [3.05, 3.63) is 35.9 Å². The van der Waals surface area contributed by atoms with Gasteiger partial charge >= 0.3 is 6.03 Å². The molecule has 0 radical (unpaired) electrons. The molecule has 0 bridgehead atoms. The van der Waals surface area contributed by atoms with E-state index >= 15 is 0 Å². The largest absolute Gasteiger partial charge is 0.333 e. The summed E-state index contributed by atoms with van der Waals surface area (Å²) >= 11 is 0. The predicted octanol–water partition coefficient (Wildman–Crippen LogP) is 0.967. The molecule has 0 aliphatic rings. The van der Waals surface area contributed by atoms with Crippen LogP contribution in [0.15, 0.2) is 30.3 Å². The molecular weight excluding hydrogens is 166 g/mol. The minimum absolute atomic E-state index is 0.425. The maximum atomic E-state index is 10.8. The van der Waals surface area contributed by atoms with Crippen molar-refractivity contribution in [2.24, 2.45) is 0 Å². The van der Waals surface area contributed by atoms with Gasteiger partial charge in [0.1, 0.15) is 0 Å². The van der Waals surface area contributed by atoms with Crippen molar-refractivity contribution >= 4 is 6.03 Å². The van der Waals surface area contributed by atoms with Gasteiger partial charge in [0.2, 0.25) is 0 Å². The summed E-state index contributed by atoms with van der Waals surface area (Å²) in [6.07, 6.45) is 1.54. The molecule has 0 saturated carbocycles. The lowest BCUT2D eigenvalue weighted by Crippen LogP contribution is -2.31. The summed E-state index contributed by atoms with van der Waals surface area (Å²) in [5.41, 5.74) is 0.996. The molecule has 2 N–H and O–H groups in total. The predicted molar refractivity (Wildman–Crippen MR) is 47.4 cm³/mol. The molecule has 1 aromatic carbocycles. The maximum Gasteiger partial charge on any atom is 0.328 e. The first-order chi connectivity index (χ1) is 6.33. The van der Waals surface area contributed by atoms with Gasteiger partial charge in [0.25, 0.3) is 0 Å². The van der Waals surface area contributed by atoms with E-state index in [9.17, 15) is 4.79 Å². The van der Waals surface area contributed by atoms with E-state index < -0.39 is 6.03 Å². The van der Waals surface area contributed by atoms with Crippen LogP contribution in [0, 0.1) is 11.5 Å². The smallest absolute Gasteiger partial charge is 0.328 e. The van der Waals surface area contributed by atoms with E-state index in [1.165, 1.54) is 0 Å². The number of nitrogens with zero attached hydrogens (tertiary/aromatic N) is 1. The van der Waals surface area contributed by atoms with E-state index in [0.717, 1.165) is 5.56 Å². The molecule has 4 nitrogen and oxygen atoms in total. The monoisotopic (exact) mass is 175 g/mol. The Labute approximate surface area is 76.2 Å². The Morgan fingerprint density at radius 2 is 2.08 bits per heavy atom. The average Bonchev–Trinajstić information content (AvgIpc) is 2.17. The van der Waals surface area contributed by atoms with Crippen molar-refractivity contribution in [3.8, 4) is 6.19 Å². The van der Waals surface area contributed by atoms with E-state index in [-0.39, 0.29) is 0 Å². The van der Waals surface area contributed by atoms with Gasteiger partial charge in [-0.15, -0.1) is 0 Å². The number of rotatable bonds is 2. The van der Waals surface area contributed by atoms with Crippen molar-refractivity contribution in [1.29, 1.82) is 5.26 Å². The molecule has 1 aromatic rings. The van der Waals surface area contributed by atoms with Crippen LogP contribution in [0.25, 0.3) is 0 Å². The highest BCUT2D eigenvalue weighted by atomic mass is 16.2. The van der Waals surface area contributed by atoms with Gasteiger partial charge in [-0.1, -0.05) is 30.3 Å². The van der Waals surface area contributed by atoms with E-state index in [0.29, 0.717) is 6.54 Å². The summed E-state index contributed by atoms with van der Waals surface area (Å²) in [5, 5.41) is 12.6. The van der Waals surface area contributed by atoms with Crippen molar-refractivity contribution < 1.29 is 4.79 Å². The van der Waals surface area contributed by atoms with Crippen LogP contribution in [0.1, 0.15) is 5.56 Å². The fourth-order valence-corrected chi connectivity index (χ4v) is 0.873. The Morgan fingerprint density at radius 3 is 2.69 bits per heavy atom. The van der Waals surface area contributed by atoms with E-state index in [4.69, 9.17) is 5.26 Å². The number of hydrogen-bond acceptors (Lipinski definition) is 2. The minimum Gasteiger partial charge on any atom is -0.333 e. The second kappa shape index (κ2) is 4.78. The third-order valence-electron chi connectivity index (χ3n) is 1.47. The molecule has 0 unspecified atom stereocenters. The van der Waals surface area contributed by atoms with Crippen molar-refractivity contribution in [2.45, 2.75) is 6.54 Å². The fourth-order valence-electron chi connectivity index (χ4n) is 0.873. The normalized spacial score (nSPS) is 8.54. The Kier molecular flexibility index (Phi) is 3.33. The van der Waals surface area contributed by atoms with Crippen LogP contribution in [0.3, 0.4) is 0 Å². The average molecular weight is 175 g/mol. The van der Waals surface area contributed by atoms with Gasteiger partial charge < -0.3 is 5.32 Å². The van der Waals surface area contributed by atoms with E-state index in [1.54, 1.807) is 6.19 Å². The molecule has 0 aliphatic carbocycles. The quantitative estimate of drug-likeness (QED) is 0.519. The van der Waals surface area contributed by atoms with Crippen LogP contribution in [-0.2, 0) is 6.54 Å². The first-order valence-corrected chi connectivity index (χ1v) is 3.80. The third kappa shape index (κ3) is 3.25. The zero-order valence-electron chi connectivity index (χ0n) is 6.95. The highest BCUT2D eigenvalue weighted by Crippen LogP contribution is 1.96. The summed E-state index contributed by atoms with van der Waals surface area (Å²) in [7, 11) is 0. The Bertz CT molecular complexity index is 315. The fraction of sp³-hybridized carbons (Fsp3) is 0.111. The van der Waals surface area contributed by atoms with E-state index in [1.807, 2.05) is 35.6 Å². The molecule has 66 valence electrons. The van der Waals surface area contributed by atoms with Gasteiger partial charge in [-0.25, -0.2) is 10.1 Å². The van der Waals surface area contributed by atoms with Crippen LogP contribution in [0.4, 0.5) is 4.79 Å². The van der Waals surface area contributed by atoms with Gasteiger partial charge in [0.05, 0.1) is 0 Å². The second-order valence-electron chi connectivity index (χ2n) is 2.41. The SMILES string of the molecule is N#CNC(=O)NCc1ccccc1. The van der Waals surface area contributed by atoms with Crippen molar-refractivity contribution in [1.82, 2.24) is 10.6 Å². The first kappa shape index (κ1) is 9.07. The Hall–Kier alpha value is -2.02. The highest BCUT2D eigenvalue weighted by Gasteiger charge is 1.96. The lowest BCUT2D eigenvalue weighted by Gasteiger charge is -2.01. The molecule has 0 heterocycles. The molecule has 0 saturated heterocycles. The number of urea groups is 1. The third-order valence-corrected chi connectivity index (χ3v) is 1.47. The minimum atomic E-state index is -0.480. The second-order valence-corrected chi connectivity index (χ2v) is 2.41. The van der Waals surface area contributed by atoms with Crippen LogP contribution in [0.2, 0.25) is 0 Å². The number of nitrogens with one attached hydrogen (secondary N) is 2. The summed E-state index contributed by atoms with van der Waals surface area (Å²) in [5.74, 6) is 0. The number of benzene rings is 1. The first-order valence-electron chi connectivity index (χ1n) is 3.80. The molecule has 1 rings (SSSR count). The van der Waals surface area contributed by atoms with Crippen LogP contribution < -0.4 is 10.6 Å². The molecular formula is C9H9N3O. The van der Waals surface area contributed by atoms with Gasteiger partial charge in [-0.3, -0.25) is 0 Å². The molecule has 2 amide bonds. The number of nitriles is 1. The maximum absolute atomic E-state index is 10.8. The summed E-state index contributed by atoms with van der Waals surface area (Å²) < 4.78 is 0. The summed E-state index contributed by atoms with van der Waals surface area (Å²) in [6.45, 7) is 0.425. The Balaban J connectivity index is 2.36. The molecule has 4 heteroatoms. The highest BCUT2D eigenvalue weighted by molar-refractivity contribution is 5.75. The lowest BCUT2D eigenvalue weighted by atomic mass is 10.2. The van der Waals surface area contributed by atoms with Crippen LogP contribution >= 0.6 is 0 Å². The van der Waals surface area contributed by atoms with Gasteiger partial charge in [-0.05, 0) is 5.56 Å². The molecule has 0 atom stereocenters. The summed E-state index contributed by atoms with van der Waals surface area (Å²) in [4.78, 5) is 10.8. The van der Waals surface area contributed by atoms with Crippen molar-refractivity contribution in [2.75, 3.05) is 0 Å². The van der Waals surface area contributed by atoms with Gasteiger partial charge in [-0.2, -0.15) is 5.26 Å². The van der Waals surface area contributed by atoms with E-state index in [2.05, 4.69) is 5.32 Å². The number of amides is 2.